The van der Waals surface area contributed by atoms with Gasteiger partial charge in [0.05, 0.1) is 0 Å². The summed E-state index contributed by atoms with van der Waals surface area (Å²) in [5.74, 6) is 0.841. The van der Waals surface area contributed by atoms with E-state index in [0.717, 1.165) is 11.5 Å². The van der Waals surface area contributed by atoms with Gasteiger partial charge >= 0.3 is 12.0 Å². The van der Waals surface area contributed by atoms with Crippen LogP contribution in [0.15, 0.2) is 12.7 Å². The Morgan fingerprint density at radius 1 is 1.44 bits per heavy atom. The second-order valence-electron chi connectivity index (χ2n) is 4.52. The van der Waals surface area contributed by atoms with Gasteiger partial charge < -0.3 is 15.7 Å². The second kappa shape index (κ2) is 8.85. The highest BCUT2D eigenvalue weighted by atomic mass is 32.2. The lowest BCUT2D eigenvalue weighted by atomic mass is 9.99. The number of carboxylic acids is 1. The van der Waals surface area contributed by atoms with Crippen LogP contribution in [-0.2, 0) is 4.79 Å². The van der Waals surface area contributed by atoms with Gasteiger partial charge in [-0.2, -0.15) is 11.8 Å². The molecule has 0 aromatic heterocycles. The minimum absolute atomic E-state index is 0.0441. The van der Waals surface area contributed by atoms with Crippen LogP contribution in [0.4, 0.5) is 4.79 Å². The fraction of sp³-hybridized carbons (Fsp3) is 0.667. The van der Waals surface area contributed by atoms with Gasteiger partial charge in [-0.3, -0.25) is 4.79 Å². The highest BCUT2D eigenvalue weighted by Gasteiger charge is 2.21. The van der Waals surface area contributed by atoms with Crippen molar-refractivity contribution in [2.24, 2.45) is 0 Å². The van der Waals surface area contributed by atoms with Crippen molar-refractivity contribution in [3.05, 3.63) is 12.7 Å². The van der Waals surface area contributed by atoms with Gasteiger partial charge in [0.15, 0.2) is 0 Å². The molecule has 0 atom stereocenters. The molecule has 0 radical (unpaired) electrons. The highest BCUT2D eigenvalue weighted by molar-refractivity contribution is 7.99. The van der Waals surface area contributed by atoms with Crippen molar-refractivity contribution in [2.45, 2.75) is 32.2 Å². The summed E-state index contributed by atoms with van der Waals surface area (Å²) in [7, 11) is 0. The molecule has 0 unspecified atom stereocenters. The van der Waals surface area contributed by atoms with E-state index in [2.05, 4.69) is 17.2 Å². The zero-order valence-electron chi connectivity index (χ0n) is 11.0. The molecule has 0 saturated carbocycles. The first-order chi connectivity index (χ1) is 8.37. The molecule has 0 aromatic rings. The number of rotatable bonds is 9. The summed E-state index contributed by atoms with van der Waals surface area (Å²) in [6.07, 6.45) is 2.27. The largest absolute Gasteiger partial charge is 0.481 e. The summed E-state index contributed by atoms with van der Waals surface area (Å²) >= 11 is 1.69. The molecule has 0 aliphatic rings. The van der Waals surface area contributed by atoms with E-state index in [1.54, 1.807) is 11.8 Å². The van der Waals surface area contributed by atoms with E-state index < -0.39 is 11.5 Å². The van der Waals surface area contributed by atoms with Crippen LogP contribution in [0.25, 0.3) is 0 Å². The molecule has 0 bridgehead atoms. The number of thioether (sulfide) groups is 1. The Hall–Kier alpha value is -1.17. The highest BCUT2D eigenvalue weighted by Crippen LogP contribution is 2.10. The Bertz CT molecular complexity index is 293. The number of carbonyl (C=O) groups is 2. The quantitative estimate of drug-likeness (QED) is 0.443. The molecule has 104 valence electrons. The van der Waals surface area contributed by atoms with E-state index in [1.165, 1.54) is 0 Å². The van der Waals surface area contributed by atoms with E-state index in [-0.39, 0.29) is 12.5 Å². The van der Waals surface area contributed by atoms with Crippen LogP contribution in [0.1, 0.15) is 26.7 Å². The molecule has 0 aliphatic carbocycles. The molecule has 6 heteroatoms. The van der Waals surface area contributed by atoms with Crippen molar-refractivity contribution in [2.75, 3.05) is 18.1 Å². The molecule has 0 heterocycles. The van der Waals surface area contributed by atoms with E-state index in [0.29, 0.717) is 13.0 Å². The molecule has 2 amide bonds. The number of carboxylic acid groups (broad SMARTS) is 1. The minimum atomic E-state index is -0.855. The van der Waals surface area contributed by atoms with E-state index in [1.807, 2.05) is 19.9 Å². The second-order valence-corrected chi connectivity index (χ2v) is 5.67. The summed E-state index contributed by atoms with van der Waals surface area (Å²) < 4.78 is 0. The predicted molar refractivity (Wildman–Crippen MR) is 75.0 cm³/mol. The number of nitrogens with one attached hydrogen (secondary N) is 2. The van der Waals surface area contributed by atoms with Gasteiger partial charge in [0.25, 0.3) is 0 Å². The molecule has 18 heavy (non-hydrogen) atoms. The van der Waals surface area contributed by atoms with Gasteiger partial charge in [0.2, 0.25) is 0 Å². The van der Waals surface area contributed by atoms with Crippen molar-refractivity contribution >= 4 is 23.8 Å². The topological polar surface area (TPSA) is 78.4 Å². The van der Waals surface area contributed by atoms with Crippen molar-refractivity contribution in [3.63, 3.8) is 0 Å². The fourth-order valence-corrected chi connectivity index (χ4v) is 1.82. The van der Waals surface area contributed by atoms with Gasteiger partial charge in [0.1, 0.15) is 0 Å². The van der Waals surface area contributed by atoms with Crippen molar-refractivity contribution in [3.8, 4) is 0 Å². The zero-order valence-corrected chi connectivity index (χ0v) is 11.8. The lowest BCUT2D eigenvalue weighted by Gasteiger charge is -2.25. The Kier molecular flexibility index (Phi) is 8.28. The Balaban J connectivity index is 3.77. The fourth-order valence-electron chi connectivity index (χ4n) is 1.24. The number of hydrogen-bond donors (Lipinski definition) is 3. The first-order valence-electron chi connectivity index (χ1n) is 5.84. The maximum absolute atomic E-state index is 11.5. The van der Waals surface area contributed by atoms with Crippen LogP contribution in [0.2, 0.25) is 0 Å². The zero-order chi connectivity index (χ0) is 14.0. The smallest absolute Gasteiger partial charge is 0.315 e. The lowest BCUT2D eigenvalue weighted by molar-refractivity contribution is -0.137. The minimum Gasteiger partial charge on any atom is -0.481 e. The van der Waals surface area contributed by atoms with Crippen molar-refractivity contribution in [1.29, 1.82) is 0 Å². The maximum Gasteiger partial charge on any atom is 0.315 e. The Labute approximate surface area is 112 Å². The number of aliphatic carboxylic acids is 1. The summed E-state index contributed by atoms with van der Waals surface area (Å²) in [6, 6.07) is -0.260. The standard InChI is InChI=1S/C12H22N2O3S/c1-4-8-18-9-7-13-11(17)14-12(2,3)6-5-10(15)16/h4H,1,5-9H2,2-3H3,(H,15,16)(H2,13,14,17). The summed E-state index contributed by atoms with van der Waals surface area (Å²) in [5.41, 5.74) is -0.517. The van der Waals surface area contributed by atoms with Gasteiger partial charge in [-0.1, -0.05) is 6.08 Å². The van der Waals surface area contributed by atoms with E-state index >= 15 is 0 Å². The Morgan fingerprint density at radius 2 is 2.11 bits per heavy atom. The lowest BCUT2D eigenvalue weighted by Crippen LogP contribution is -2.49. The van der Waals surface area contributed by atoms with E-state index in [4.69, 9.17) is 5.11 Å². The summed E-state index contributed by atoms with van der Waals surface area (Å²) in [6.45, 7) is 7.81. The first kappa shape index (κ1) is 16.8. The monoisotopic (exact) mass is 274 g/mol. The SMILES string of the molecule is C=CCSCCNC(=O)NC(C)(C)CCC(=O)O. The van der Waals surface area contributed by atoms with Crippen LogP contribution in [0, 0.1) is 0 Å². The molecule has 0 rings (SSSR count). The number of hydrogen-bond acceptors (Lipinski definition) is 3. The molecular formula is C12H22N2O3S. The molecule has 5 nitrogen and oxygen atoms in total. The van der Waals surface area contributed by atoms with Crippen LogP contribution in [-0.4, -0.2) is 40.7 Å². The normalized spacial score (nSPS) is 10.8. The van der Waals surface area contributed by atoms with E-state index in [9.17, 15) is 9.59 Å². The third-order valence-electron chi connectivity index (χ3n) is 2.18. The average Bonchev–Trinajstić information content (AvgIpc) is 2.26. The first-order valence-corrected chi connectivity index (χ1v) is 6.99. The van der Waals surface area contributed by atoms with Gasteiger partial charge in [-0.15, -0.1) is 6.58 Å². The number of carbonyl (C=O) groups excluding carboxylic acids is 1. The molecular weight excluding hydrogens is 252 g/mol. The molecule has 0 saturated heterocycles. The van der Waals surface area contributed by atoms with Crippen LogP contribution in [0.3, 0.4) is 0 Å². The third-order valence-corrected chi connectivity index (χ3v) is 3.15. The number of amides is 2. The summed E-state index contributed by atoms with van der Waals surface area (Å²) in [5, 5.41) is 14.1. The predicted octanol–water partition coefficient (Wildman–Crippen LogP) is 1.85. The van der Waals surface area contributed by atoms with Crippen LogP contribution < -0.4 is 10.6 Å². The average molecular weight is 274 g/mol. The third kappa shape index (κ3) is 10.0. The molecule has 3 N–H and O–H groups in total. The molecule has 0 fully saturated rings. The maximum atomic E-state index is 11.5. The van der Waals surface area contributed by atoms with Crippen LogP contribution >= 0.6 is 11.8 Å². The van der Waals surface area contributed by atoms with Gasteiger partial charge in [-0.05, 0) is 20.3 Å². The molecule has 0 aliphatic heterocycles. The molecule has 0 spiro atoms. The molecule has 0 aromatic carbocycles. The Morgan fingerprint density at radius 3 is 2.67 bits per heavy atom. The van der Waals surface area contributed by atoms with Gasteiger partial charge in [-0.25, -0.2) is 4.79 Å². The van der Waals surface area contributed by atoms with Crippen LogP contribution in [0.5, 0.6) is 0 Å². The van der Waals surface area contributed by atoms with Gasteiger partial charge in [0, 0.05) is 30.0 Å². The number of urea groups is 1. The summed E-state index contributed by atoms with van der Waals surface area (Å²) in [4.78, 5) is 22.0. The van der Waals surface area contributed by atoms with Crippen molar-refractivity contribution in [1.82, 2.24) is 10.6 Å². The van der Waals surface area contributed by atoms with Crippen molar-refractivity contribution < 1.29 is 14.7 Å².